The van der Waals surface area contributed by atoms with Gasteiger partial charge in [-0.15, -0.1) is 0 Å². The highest BCUT2D eigenvalue weighted by atomic mass is 16.6. The minimum Gasteiger partial charge on any atom is -0.465 e. The molecule has 0 saturated heterocycles. The van der Waals surface area contributed by atoms with E-state index < -0.39 is 6.04 Å². The number of hydrogen-bond donors (Lipinski definition) is 1. The predicted molar refractivity (Wildman–Crippen MR) is 74.2 cm³/mol. The summed E-state index contributed by atoms with van der Waals surface area (Å²) in [6, 6.07) is 9.30. The molecule has 0 amide bonds. The lowest BCUT2D eigenvalue weighted by Crippen LogP contribution is -2.47. The zero-order chi connectivity index (χ0) is 14.3. The molecule has 1 atom stereocenters. The SMILES string of the molecule is CCOC(=O)[C@H](NOCc1ccccc1)C(C)(C)C. The quantitative estimate of drug-likeness (QED) is 0.634. The molecule has 0 radical (unpaired) electrons. The Bertz CT molecular complexity index is 384. The van der Waals surface area contributed by atoms with Crippen molar-refractivity contribution in [2.45, 2.75) is 40.3 Å². The Morgan fingerprint density at radius 2 is 1.89 bits per heavy atom. The van der Waals surface area contributed by atoms with Crippen LogP contribution < -0.4 is 5.48 Å². The summed E-state index contributed by atoms with van der Waals surface area (Å²) in [5, 5.41) is 0. The molecule has 0 unspecified atom stereocenters. The van der Waals surface area contributed by atoms with Crippen LogP contribution >= 0.6 is 0 Å². The fourth-order valence-electron chi connectivity index (χ4n) is 1.59. The predicted octanol–water partition coefficient (Wildman–Crippen LogP) is 2.69. The van der Waals surface area contributed by atoms with Crippen LogP contribution in [-0.4, -0.2) is 18.6 Å². The van der Waals surface area contributed by atoms with E-state index in [4.69, 9.17) is 9.57 Å². The first-order valence-corrected chi connectivity index (χ1v) is 6.53. The van der Waals surface area contributed by atoms with Crippen LogP contribution in [0.25, 0.3) is 0 Å². The van der Waals surface area contributed by atoms with E-state index in [2.05, 4.69) is 5.48 Å². The van der Waals surface area contributed by atoms with Crippen molar-refractivity contribution < 1.29 is 14.4 Å². The third-order valence-electron chi connectivity index (χ3n) is 2.67. The third-order valence-corrected chi connectivity index (χ3v) is 2.67. The van der Waals surface area contributed by atoms with Crippen LogP contribution in [0.1, 0.15) is 33.3 Å². The molecule has 1 rings (SSSR count). The Labute approximate surface area is 115 Å². The minimum atomic E-state index is -0.490. The Kier molecular flexibility index (Phi) is 5.99. The molecule has 0 aliphatic carbocycles. The largest absolute Gasteiger partial charge is 0.465 e. The molecule has 0 saturated carbocycles. The van der Waals surface area contributed by atoms with Crippen LogP contribution in [-0.2, 0) is 21.0 Å². The topological polar surface area (TPSA) is 47.6 Å². The molecule has 106 valence electrons. The molecule has 19 heavy (non-hydrogen) atoms. The molecule has 0 spiro atoms. The molecule has 0 fully saturated rings. The molecular formula is C15H23NO3. The first-order chi connectivity index (χ1) is 8.95. The lowest BCUT2D eigenvalue weighted by atomic mass is 9.87. The van der Waals surface area contributed by atoms with Gasteiger partial charge in [-0.05, 0) is 17.9 Å². The Balaban J connectivity index is 2.52. The van der Waals surface area contributed by atoms with Crippen LogP contribution in [0.3, 0.4) is 0 Å². The van der Waals surface area contributed by atoms with Gasteiger partial charge in [0.15, 0.2) is 0 Å². The lowest BCUT2D eigenvalue weighted by Gasteiger charge is -2.28. The van der Waals surface area contributed by atoms with Crippen molar-refractivity contribution in [3.05, 3.63) is 35.9 Å². The van der Waals surface area contributed by atoms with Gasteiger partial charge in [-0.3, -0.25) is 9.63 Å². The maximum Gasteiger partial charge on any atom is 0.326 e. The van der Waals surface area contributed by atoms with Crippen molar-refractivity contribution in [1.29, 1.82) is 0 Å². The van der Waals surface area contributed by atoms with Crippen LogP contribution in [0.15, 0.2) is 30.3 Å². The summed E-state index contributed by atoms with van der Waals surface area (Å²) >= 11 is 0. The number of esters is 1. The minimum absolute atomic E-state index is 0.275. The summed E-state index contributed by atoms with van der Waals surface area (Å²) in [6.07, 6.45) is 0. The molecule has 4 heteroatoms. The van der Waals surface area contributed by atoms with Gasteiger partial charge in [0.05, 0.1) is 13.2 Å². The smallest absolute Gasteiger partial charge is 0.326 e. The van der Waals surface area contributed by atoms with E-state index in [0.717, 1.165) is 5.56 Å². The maximum atomic E-state index is 11.9. The van der Waals surface area contributed by atoms with Crippen LogP contribution in [0.5, 0.6) is 0 Å². The zero-order valence-electron chi connectivity index (χ0n) is 12.1. The number of carbonyl (C=O) groups excluding carboxylic acids is 1. The highest BCUT2D eigenvalue weighted by molar-refractivity contribution is 5.76. The van der Waals surface area contributed by atoms with E-state index in [-0.39, 0.29) is 11.4 Å². The number of carbonyl (C=O) groups is 1. The number of benzene rings is 1. The summed E-state index contributed by atoms with van der Waals surface area (Å²) in [5.74, 6) is -0.289. The normalized spacial score (nSPS) is 13.1. The van der Waals surface area contributed by atoms with E-state index in [0.29, 0.717) is 13.2 Å². The van der Waals surface area contributed by atoms with Gasteiger partial charge in [0.2, 0.25) is 0 Å². The standard InChI is InChI=1S/C15H23NO3/c1-5-18-14(17)13(15(2,3)4)16-19-11-12-9-7-6-8-10-12/h6-10,13,16H,5,11H2,1-4H3/t13-/m0/s1. The average Bonchev–Trinajstić information content (AvgIpc) is 2.34. The van der Waals surface area contributed by atoms with Crippen LogP contribution in [0.2, 0.25) is 0 Å². The number of rotatable bonds is 6. The second kappa shape index (κ2) is 7.26. The van der Waals surface area contributed by atoms with Crippen molar-refractivity contribution >= 4 is 5.97 Å². The van der Waals surface area contributed by atoms with E-state index in [1.54, 1.807) is 6.92 Å². The molecule has 0 aliphatic heterocycles. The van der Waals surface area contributed by atoms with Gasteiger partial charge in [-0.25, -0.2) is 0 Å². The van der Waals surface area contributed by atoms with Crippen molar-refractivity contribution in [2.75, 3.05) is 6.61 Å². The average molecular weight is 265 g/mol. The van der Waals surface area contributed by atoms with Crippen molar-refractivity contribution in [3.8, 4) is 0 Å². The zero-order valence-corrected chi connectivity index (χ0v) is 12.1. The van der Waals surface area contributed by atoms with Crippen molar-refractivity contribution in [3.63, 3.8) is 0 Å². The fourth-order valence-corrected chi connectivity index (χ4v) is 1.59. The second-order valence-electron chi connectivity index (χ2n) is 5.44. The highest BCUT2D eigenvalue weighted by Gasteiger charge is 2.32. The van der Waals surface area contributed by atoms with Gasteiger partial charge in [0.1, 0.15) is 6.04 Å². The monoisotopic (exact) mass is 265 g/mol. The van der Waals surface area contributed by atoms with E-state index >= 15 is 0 Å². The van der Waals surface area contributed by atoms with E-state index in [1.807, 2.05) is 51.1 Å². The molecular weight excluding hydrogens is 242 g/mol. The first kappa shape index (κ1) is 15.7. The Morgan fingerprint density at radius 3 is 2.42 bits per heavy atom. The molecule has 0 aromatic heterocycles. The highest BCUT2D eigenvalue weighted by Crippen LogP contribution is 2.20. The summed E-state index contributed by atoms with van der Waals surface area (Å²) in [7, 11) is 0. The van der Waals surface area contributed by atoms with Crippen LogP contribution in [0.4, 0.5) is 0 Å². The van der Waals surface area contributed by atoms with Gasteiger partial charge >= 0.3 is 5.97 Å². The second-order valence-corrected chi connectivity index (χ2v) is 5.44. The maximum absolute atomic E-state index is 11.9. The lowest BCUT2D eigenvalue weighted by molar-refractivity contribution is -0.155. The summed E-state index contributed by atoms with van der Waals surface area (Å²) < 4.78 is 5.05. The summed E-state index contributed by atoms with van der Waals surface area (Å²) in [4.78, 5) is 17.3. The molecule has 0 bridgehead atoms. The van der Waals surface area contributed by atoms with Crippen LogP contribution in [0, 0.1) is 5.41 Å². The fraction of sp³-hybridized carbons (Fsp3) is 0.533. The van der Waals surface area contributed by atoms with E-state index in [1.165, 1.54) is 0 Å². The Morgan fingerprint density at radius 1 is 1.26 bits per heavy atom. The summed E-state index contributed by atoms with van der Waals surface area (Å²) in [5.41, 5.74) is 3.59. The van der Waals surface area contributed by atoms with Crippen molar-refractivity contribution in [1.82, 2.24) is 5.48 Å². The molecule has 0 aliphatic rings. The molecule has 4 nitrogen and oxygen atoms in total. The van der Waals surface area contributed by atoms with E-state index in [9.17, 15) is 4.79 Å². The van der Waals surface area contributed by atoms with Gasteiger partial charge in [0.25, 0.3) is 0 Å². The number of ether oxygens (including phenoxy) is 1. The molecule has 1 aromatic rings. The number of nitrogens with one attached hydrogen (secondary N) is 1. The van der Waals surface area contributed by atoms with Gasteiger partial charge < -0.3 is 4.74 Å². The molecule has 1 N–H and O–H groups in total. The number of hydrogen-bond acceptors (Lipinski definition) is 4. The summed E-state index contributed by atoms with van der Waals surface area (Å²) in [6.45, 7) is 8.47. The number of hydroxylamine groups is 1. The molecule has 0 heterocycles. The van der Waals surface area contributed by atoms with Gasteiger partial charge in [-0.1, -0.05) is 51.1 Å². The van der Waals surface area contributed by atoms with Gasteiger partial charge in [-0.2, -0.15) is 5.48 Å². The molecule has 1 aromatic carbocycles. The third kappa shape index (κ3) is 5.41. The Hall–Kier alpha value is -1.39. The first-order valence-electron chi connectivity index (χ1n) is 6.53. The van der Waals surface area contributed by atoms with Gasteiger partial charge in [0, 0.05) is 0 Å². The van der Waals surface area contributed by atoms with Crippen molar-refractivity contribution in [2.24, 2.45) is 5.41 Å².